The molecule has 0 spiro atoms. The summed E-state index contributed by atoms with van der Waals surface area (Å²) >= 11 is 0. The van der Waals surface area contributed by atoms with Crippen LogP contribution < -0.4 is 5.32 Å². The van der Waals surface area contributed by atoms with Crippen molar-refractivity contribution >= 4 is 5.91 Å². The summed E-state index contributed by atoms with van der Waals surface area (Å²) in [6.45, 7) is 4.29. The molecule has 0 bridgehead atoms. The van der Waals surface area contributed by atoms with Gasteiger partial charge in [0.05, 0.1) is 18.8 Å². The average Bonchev–Trinajstić information content (AvgIpc) is 3.10. The normalized spacial score (nSPS) is 13.3. The van der Waals surface area contributed by atoms with Crippen molar-refractivity contribution in [2.45, 2.75) is 238 Å². The van der Waals surface area contributed by atoms with Crippen molar-refractivity contribution in [2.75, 3.05) is 6.61 Å². The van der Waals surface area contributed by atoms with Gasteiger partial charge >= 0.3 is 0 Å². The number of hydrogen-bond acceptors (Lipinski definition) is 3. The van der Waals surface area contributed by atoms with Gasteiger partial charge in [0, 0.05) is 6.42 Å². The van der Waals surface area contributed by atoms with E-state index in [9.17, 15) is 15.0 Å². The average molecular weight is 688 g/mol. The van der Waals surface area contributed by atoms with E-state index < -0.39 is 12.1 Å². The molecule has 0 radical (unpaired) electrons. The monoisotopic (exact) mass is 688 g/mol. The predicted octanol–water partition coefficient (Wildman–Crippen LogP) is 13.4. The largest absolute Gasteiger partial charge is 0.394 e. The highest BCUT2D eigenvalue weighted by Crippen LogP contribution is 2.15. The lowest BCUT2D eigenvalue weighted by molar-refractivity contribution is -0.123. The Balaban J connectivity index is 3.57. The molecule has 3 N–H and O–H groups in total. The van der Waals surface area contributed by atoms with Gasteiger partial charge < -0.3 is 15.5 Å². The van der Waals surface area contributed by atoms with Crippen LogP contribution in [0.15, 0.2) is 36.5 Å². The van der Waals surface area contributed by atoms with Crippen LogP contribution in [0.1, 0.15) is 226 Å². The maximum absolute atomic E-state index is 12.4. The summed E-state index contributed by atoms with van der Waals surface area (Å²) in [6.07, 6.45) is 53.8. The Hall–Kier alpha value is -1.39. The van der Waals surface area contributed by atoms with Crippen molar-refractivity contribution in [3.63, 3.8) is 0 Å². The molecule has 0 aromatic heterocycles. The Morgan fingerprint density at radius 1 is 0.490 bits per heavy atom. The first-order chi connectivity index (χ1) is 24.2. The fraction of sp³-hybridized carbons (Fsp3) is 0.844. The lowest BCUT2D eigenvalue weighted by atomic mass is 10.0. The third-order valence-electron chi connectivity index (χ3n) is 9.90. The van der Waals surface area contributed by atoms with Crippen molar-refractivity contribution in [1.29, 1.82) is 0 Å². The van der Waals surface area contributed by atoms with E-state index in [1.54, 1.807) is 6.08 Å². The van der Waals surface area contributed by atoms with E-state index in [1.165, 1.54) is 180 Å². The van der Waals surface area contributed by atoms with Crippen LogP contribution in [-0.4, -0.2) is 34.9 Å². The number of nitrogens with one attached hydrogen (secondary N) is 1. The maximum Gasteiger partial charge on any atom is 0.220 e. The molecule has 0 aliphatic carbocycles. The first-order valence-corrected chi connectivity index (χ1v) is 21.7. The number of carbonyl (C=O) groups is 1. The molecule has 1 amide bonds. The minimum absolute atomic E-state index is 0.0675. The van der Waals surface area contributed by atoms with Crippen molar-refractivity contribution in [3.8, 4) is 0 Å². The molecule has 49 heavy (non-hydrogen) atoms. The number of rotatable bonds is 39. The third-order valence-corrected chi connectivity index (χ3v) is 9.90. The zero-order valence-electron chi connectivity index (χ0n) is 33.0. The number of unbranched alkanes of at least 4 members (excludes halogenated alkanes) is 29. The van der Waals surface area contributed by atoms with Crippen LogP contribution in [0.3, 0.4) is 0 Å². The van der Waals surface area contributed by atoms with Crippen molar-refractivity contribution in [1.82, 2.24) is 5.32 Å². The van der Waals surface area contributed by atoms with Gasteiger partial charge in [-0.3, -0.25) is 4.79 Å². The lowest BCUT2D eigenvalue weighted by Crippen LogP contribution is -2.45. The number of hydrogen-bond donors (Lipinski definition) is 3. The Morgan fingerprint density at radius 3 is 1.22 bits per heavy atom. The van der Waals surface area contributed by atoms with E-state index in [0.29, 0.717) is 6.42 Å². The molecule has 0 rings (SSSR count). The summed E-state index contributed by atoms with van der Waals surface area (Å²) < 4.78 is 0. The van der Waals surface area contributed by atoms with Crippen molar-refractivity contribution < 1.29 is 15.0 Å². The molecule has 0 aliphatic heterocycles. The number of aliphatic hydroxyl groups excluding tert-OH is 2. The maximum atomic E-state index is 12.4. The van der Waals surface area contributed by atoms with Crippen molar-refractivity contribution in [3.05, 3.63) is 36.5 Å². The highest BCUT2D eigenvalue weighted by Gasteiger charge is 2.17. The van der Waals surface area contributed by atoms with Crippen LogP contribution in [0.5, 0.6) is 0 Å². The number of aliphatic hydroxyl groups is 2. The lowest BCUT2D eigenvalue weighted by Gasteiger charge is -2.20. The molecule has 2 atom stereocenters. The summed E-state index contributed by atoms with van der Waals surface area (Å²) in [4.78, 5) is 12.4. The molecule has 0 saturated heterocycles. The summed E-state index contributed by atoms with van der Waals surface area (Å²) in [7, 11) is 0. The van der Waals surface area contributed by atoms with Crippen molar-refractivity contribution in [2.24, 2.45) is 0 Å². The van der Waals surface area contributed by atoms with Gasteiger partial charge in [0.15, 0.2) is 0 Å². The van der Waals surface area contributed by atoms with Gasteiger partial charge in [0.25, 0.3) is 0 Å². The molecule has 0 fully saturated rings. The Kier molecular flexibility index (Phi) is 39.9. The quantitative estimate of drug-likeness (QED) is 0.0342. The summed E-state index contributed by atoms with van der Waals surface area (Å²) in [5.41, 5.74) is 0. The summed E-state index contributed by atoms with van der Waals surface area (Å²) in [5.74, 6) is -0.0675. The number of carbonyl (C=O) groups excluding carboxylic acids is 1. The standard InChI is InChI=1S/C45H85NO3/c1-3-5-7-9-11-13-15-17-19-21-23-25-27-29-31-33-35-37-39-41-45(49)46-43(42-47)44(48)40-38-36-34-32-30-28-26-24-22-20-18-16-14-12-10-8-6-4-2/h11,13,15,17,38,40,43-44,47-48H,3-10,12,14,16,18-37,39,41-42H2,1-2H3,(H,46,49)/b13-11-,17-15-,40-38+. The fourth-order valence-electron chi connectivity index (χ4n) is 6.52. The van der Waals surface area contributed by atoms with Gasteiger partial charge in [-0.15, -0.1) is 0 Å². The molecular formula is C45H85NO3. The predicted molar refractivity (Wildman–Crippen MR) is 216 cm³/mol. The van der Waals surface area contributed by atoms with Gasteiger partial charge in [0.1, 0.15) is 0 Å². The van der Waals surface area contributed by atoms with Gasteiger partial charge in [-0.25, -0.2) is 0 Å². The van der Waals surface area contributed by atoms with E-state index in [0.717, 1.165) is 25.7 Å². The zero-order chi connectivity index (χ0) is 35.7. The minimum Gasteiger partial charge on any atom is -0.394 e. The molecule has 2 unspecified atom stereocenters. The second-order valence-electron chi connectivity index (χ2n) is 14.8. The molecule has 4 nitrogen and oxygen atoms in total. The van der Waals surface area contributed by atoms with Crippen LogP contribution >= 0.6 is 0 Å². The van der Waals surface area contributed by atoms with E-state index in [1.807, 2.05) is 6.08 Å². The Bertz CT molecular complexity index is 746. The highest BCUT2D eigenvalue weighted by molar-refractivity contribution is 5.76. The van der Waals surface area contributed by atoms with E-state index >= 15 is 0 Å². The number of amides is 1. The van der Waals surface area contributed by atoms with Crippen LogP contribution in [0.4, 0.5) is 0 Å². The van der Waals surface area contributed by atoms with E-state index in [4.69, 9.17) is 0 Å². The summed E-state index contributed by atoms with van der Waals surface area (Å²) in [5, 5.41) is 23.0. The molecule has 0 heterocycles. The Labute approximate surface area is 306 Å². The molecule has 0 aromatic carbocycles. The van der Waals surface area contributed by atoms with Crippen LogP contribution in [0.25, 0.3) is 0 Å². The van der Waals surface area contributed by atoms with Crippen LogP contribution in [0.2, 0.25) is 0 Å². The topological polar surface area (TPSA) is 69.6 Å². The van der Waals surface area contributed by atoms with Crippen LogP contribution in [-0.2, 0) is 4.79 Å². The van der Waals surface area contributed by atoms with Gasteiger partial charge in [-0.2, -0.15) is 0 Å². The SMILES string of the molecule is CCCCC/C=C\C=C/CCCCCCCCCCCCC(=O)NC(CO)C(O)/C=C/CCCCCCCCCCCCCCCCCC. The fourth-order valence-corrected chi connectivity index (χ4v) is 6.52. The molecule has 288 valence electrons. The minimum atomic E-state index is -0.839. The smallest absolute Gasteiger partial charge is 0.220 e. The second-order valence-corrected chi connectivity index (χ2v) is 14.8. The third kappa shape index (κ3) is 37.7. The van der Waals surface area contributed by atoms with Crippen LogP contribution in [0, 0.1) is 0 Å². The molecule has 0 aliphatic rings. The number of allylic oxidation sites excluding steroid dienone is 5. The first-order valence-electron chi connectivity index (χ1n) is 21.7. The molecule has 0 saturated carbocycles. The van der Waals surface area contributed by atoms with E-state index in [-0.39, 0.29) is 12.5 Å². The van der Waals surface area contributed by atoms with Gasteiger partial charge in [-0.1, -0.05) is 211 Å². The Morgan fingerprint density at radius 2 is 0.816 bits per heavy atom. The van der Waals surface area contributed by atoms with Gasteiger partial charge in [0.2, 0.25) is 5.91 Å². The molecular weight excluding hydrogens is 602 g/mol. The second kappa shape index (κ2) is 41.0. The highest BCUT2D eigenvalue weighted by atomic mass is 16.3. The zero-order valence-corrected chi connectivity index (χ0v) is 33.0. The molecule has 4 heteroatoms. The summed E-state index contributed by atoms with van der Waals surface area (Å²) in [6, 6.07) is -0.622. The molecule has 0 aromatic rings. The van der Waals surface area contributed by atoms with Gasteiger partial charge in [-0.05, 0) is 44.9 Å². The first kappa shape index (κ1) is 47.6. The van der Waals surface area contributed by atoms with E-state index in [2.05, 4.69) is 43.5 Å².